The highest BCUT2D eigenvalue weighted by Crippen LogP contribution is 2.28. The molecule has 0 aliphatic rings. The fraction of sp³-hybridized carbons (Fsp3) is 0.333. The van der Waals surface area contributed by atoms with Crippen LogP contribution in [0.3, 0.4) is 0 Å². The zero-order valence-corrected chi connectivity index (χ0v) is 20.5. The molecule has 0 aliphatic carbocycles. The molecule has 0 saturated heterocycles. The Kier molecular flexibility index (Phi) is 7.09. The van der Waals surface area contributed by atoms with Gasteiger partial charge in [0.25, 0.3) is 0 Å². The number of anilines is 1. The van der Waals surface area contributed by atoms with Gasteiger partial charge in [0.15, 0.2) is 17.3 Å². The summed E-state index contributed by atoms with van der Waals surface area (Å²) in [6.45, 7) is 5.67. The number of benzene rings is 1. The number of amides is 1. The molecule has 0 N–H and O–H groups in total. The van der Waals surface area contributed by atoms with Crippen molar-refractivity contribution >= 4 is 37.5 Å². The first kappa shape index (κ1) is 24.0. The van der Waals surface area contributed by atoms with E-state index in [0.29, 0.717) is 10.1 Å². The van der Waals surface area contributed by atoms with Gasteiger partial charge in [0.2, 0.25) is 10.0 Å². The van der Waals surface area contributed by atoms with Crippen LogP contribution in [0.1, 0.15) is 41.0 Å². The van der Waals surface area contributed by atoms with Crippen LogP contribution >= 0.6 is 15.9 Å². The van der Waals surface area contributed by atoms with Crippen molar-refractivity contribution in [3.05, 3.63) is 63.5 Å². The van der Waals surface area contributed by atoms with Crippen LogP contribution in [0.25, 0.3) is 0 Å². The molecule has 0 bridgehead atoms. The third-order valence-corrected chi connectivity index (χ3v) is 7.77. The Hall–Kier alpha value is -2.66. The largest absolute Gasteiger partial charge is 0.494 e. The average Bonchev–Trinajstić information content (AvgIpc) is 3.29. The van der Waals surface area contributed by atoms with Crippen LogP contribution < -0.4 is 9.04 Å². The summed E-state index contributed by atoms with van der Waals surface area (Å²) >= 11 is 3.46. The first-order valence-corrected chi connectivity index (χ1v) is 12.2. The number of carbonyl (C=O) groups excluding carboxylic acids is 1. The lowest BCUT2D eigenvalue weighted by Gasteiger charge is -2.21. The smallest absolute Gasteiger partial charge is 0.307 e. The van der Waals surface area contributed by atoms with Gasteiger partial charge in [0.1, 0.15) is 5.76 Å². The number of rotatable bonds is 8. The van der Waals surface area contributed by atoms with Gasteiger partial charge in [-0.2, -0.15) is 9.40 Å². The van der Waals surface area contributed by atoms with Crippen molar-refractivity contribution in [1.82, 2.24) is 9.78 Å². The van der Waals surface area contributed by atoms with Crippen LogP contribution in [-0.4, -0.2) is 37.0 Å². The third kappa shape index (κ3) is 4.73. The van der Waals surface area contributed by atoms with Crippen LogP contribution in [0.4, 0.5) is 10.1 Å². The Morgan fingerprint density at radius 3 is 2.56 bits per heavy atom. The normalized spacial score (nSPS) is 11.6. The minimum Gasteiger partial charge on any atom is -0.494 e. The van der Waals surface area contributed by atoms with Crippen molar-refractivity contribution in [3.63, 3.8) is 0 Å². The van der Waals surface area contributed by atoms with Crippen LogP contribution in [0, 0.1) is 19.7 Å². The van der Waals surface area contributed by atoms with Crippen molar-refractivity contribution in [2.45, 2.75) is 33.7 Å². The average molecular weight is 528 g/mol. The molecular formula is C21H23BrFN3O5S. The highest BCUT2D eigenvalue weighted by atomic mass is 79.9. The van der Waals surface area contributed by atoms with Gasteiger partial charge in [0.05, 0.1) is 41.0 Å². The van der Waals surface area contributed by atoms with Crippen LogP contribution in [0.15, 0.2) is 39.2 Å². The van der Waals surface area contributed by atoms with Crippen molar-refractivity contribution in [1.29, 1.82) is 0 Å². The fourth-order valence-electron chi connectivity index (χ4n) is 3.19. The second-order valence-electron chi connectivity index (χ2n) is 7.11. The highest BCUT2D eigenvalue weighted by Gasteiger charge is 2.32. The second-order valence-corrected chi connectivity index (χ2v) is 9.84. The zero-order chi connectivity index (χ0) is 23.6. The Balaban J connectivity index is 1.97. The van der Waals surface area contributed by atoms with E-state index in [2.05, 4.69) is 21.0 Å². The van der Waals surface area contributed by atoms with E-state index in [1.54, 1.807) is 17.7 Å². The number of halogens is 2. The summed E-state index contributed by atoms with van der Waals surface area (Å²) in [5.74, 6) is -1.82. The summed E-state index contributed by atoms with van der Waals surface area (Å²) in [6, 6.07) is 6.50. The number of carbonyl (C=O) groups is 1. The molecule has 0 spiro atoms. The summed E-state index contributed by atoms with van der Waals surface area (Å²) in [4.78, 5) is 13.2. The molecule has 3 rings (SSSR count). The Labute approximate surface area is 194 Å². The molecule has 3 aromatic rings. The lowest BCUT2D eigenvalue weighted by molar-refractivity contribution is 0.0977. The maximum Gasteiger partial charge on any atom is 0.307 e. The second kappa shape index (κ2) is 9.45. The molecule has 8 nitrogen and oxygen atoms in total. The van der Waals surface area contributed by atoms with E-state index in [-0.39, 0.29) is 35.9 Å². The molecule has 0 aliphatic heterocycles. The van der Waals surface area contributed by atoms with Crippen molar-refractivity contribution in [2.24, 2.45) is 0 Å². The summed E-state index contributed by atoms with van der Waals surface area (Å²) in [5.41, 5.74) is 1.55. The van der Waals surface area contributed by atoms with Crippen LogP contribution in [0.2, 0.25) is 0 Å². The number of nitrogens with zero attached hydrogens (tertiary/aromatic N) is 3. The minimum atomic E-state index is -4.08. The monoisotopic (exact) mass is 527 g/mol. The van der Waals surface area contributed by atoms with Crippen LogP contribution in [0.5, 0.6) is 5.75 Å². The van der Waals surface area contributed by atoms with Crippen molar-refractivity contribution in [2.75, 3.05) is 17.2 Å². The lowest BCUT2D eigenvalue weighted by Crippen LogP contribution is -2.38. The summed E-state index contributed by atoms with van der Waals surface area (Å²) < 4.78 is 53.7. The Bertz CT molecular complexity index is 1250. The molecule has 2 heterocycles. The van der Waals surface area contributed by atoms with Gasteiger partial charge >= 0.3 is 5.91 Å². The van der Waals surface area contributed by atoms with E-state index in [1.165, 1.54) is 25.3 Å². The SMILES string of the molecule is CCCS(=O)(=O)N(C(=O)c1ccc(Cn2nc(C)c(Br)c2C)o1)c1ccc(OC)c(F)c1. The predicted molar refractivity (Wildman–Crippen MR) is 121 cm³/mol. The molecule has 2 aromatic heterocycles. The molecular weight excluding hydrogens is 505 g/mol. The van der Waals surface area contributed by atoms with Gasteiger partial charge < -0.3 is 9.15 Å². The first-order chi connectivity index (χ1) is 15.1. The van der Waals surface area contributed by atoms with Crippen LogP contribution in [-0.2, 0) is 16.6 Å². The number of furan rings is 1. The molecule has 11 heteroatoms. The predicted octanol–water partition coefficient (Wildman–Crippen LogP) is 4.44. The lowest BCUT2D eigenvalue weighted by atomic mass is 10.2. The van der Waals surface area contributed by atoms with E-state index >= 15 is 0 Å². The van der Waals surface area contributed by atoms with Crippen molar-refractivity contribution < 1.29 is 26.8 Å². The number of sulfonamides is 1. The van der Waals surface area contributed by atoms with E-state index in [9.17, 15) is 17.6 Å². The van der Waals surface area contributed by atoms with Crippen molar-refractivity contribution in [3.8, 4) is 5.75 Å². The summed E-state index contributed by atoms with van der Waals surface area (Å²) in [5, 5.41) is 4.40. The molecule has 1 aromatic carbocycles. The standard InChI is InChI=1S/C21H23BrFN3O5S/c1-5-10-32(28,29)26(15-6-8-18(30-4)17(23)11-15)21(27)19-9-7-16(31-19)12-25-14(3)20(22)13(2)24-25/h6-9,11H,5,10,12H2,1-4H3. The zero-order valence-electron chi connectivity index (χ0n) is 18.1. The molecule has 0 radical (unpaired) electrons. The van der Waals surface area contributed by atoms with Gasteiger partial charge in [-0.25, -0.2) is 12.8 Å². The summed E-state index contributed by atoms with van der Waals surface area (Å²) in [6.07, 6.45) is 0.279. The quantitative estimate of drug-likeness (QED) is 0.429. The number of aryl methyl sites for hydroxylation is 1. The minimum absolute atomic E-state index is 0.0645. The Morgan fingerprint density at radius 1 is 1.28 bits per heavy atom. The first-order valence-electron chi connectivity index (χ1n) is 9.78. The molecule has 32 heavy (non-hydrogen) atoms. The maximum absolute atomic E-state index is 14.3. The Morgan fingerprint density at radius 2 is 2.00 bits per heavy atom. The highest BCUT2D eigenvalue weighted by molar-refractivity contribution is 9.10. The molecule has 172 valence electrons. The molecule has 0 fully saturated rings. The topological polar surface area (TPSA) is 94.6 Å². The van der Waals surface area contributed by atoms with E-state index in [0.717, 1.165) is 21.9 Å². The third-order valence-electron chi connectivity index (χ3n) is 4.77. The number of ether oxygens (including phenoxy) is 1. The van der Waals surface area contributed by atoms with E-state index in [4.69, 9.17) is 9.15 Å². The number of hydrogen-bond donors (Lipinski definition) is 0. The number of hydrogen-bond acceptors (Lipinski definition) is 6. The molecule has 0 unspecified atom stereocenters. The summed E-state index contributed by atoms with van der Waals surface area (Å²) in [7, 11) is -2.78. The fourth-order valence-corrected chi connectivity index (χ4v) is 4.95. The molecule has 1 amide bonds. The number of aromatic nitrogens is 2. The molecule has 0 saturated carbocycles. The maximum atomic E-state index is 14.3. The van der Waals surface area contributed by atoms with Gasteiger partial charge in [-0.15, -0.1) is 0 Å². The van der Waals surface area contributed by atoms with Gasteiger partial charge in [-0.1, -0.05) is 6.92 Å². The van der Waals surface area contributed by atoms with Gasteiger partial charge in [0, 0.05) is 6.07 Å². The molecule has 0 atom stereocenters. The van der Waals surface area contributed by atoms with Gasteiger partial charge in [-0.3, -0.25) is 9.48 Å². The van der Waals surface area contributed by atoms with E-state index in [1.807, 2.05) is 13.8 Å². The number of methoxy groups -OCH3 is 1. The van der Waals surface area contributed by atoms with E-state index < -0.39 is 21.7 Å². The van der Waals surface area contributed by atoms with Gasteiger partial charge in [-0.05, 0) is 60.5 Å².